The quantitative estimate of drug-likeness (QED) is 0.763. The van der Waals surface area contributed by atoms with Crippen molar-refractivity contribution >= 4 is 17.7 Å². The number of carboxylic acid groups (broad SMARTS) is 1. The first-order valence-corrected chi connectivity index (χ1v) is 6.29. The number of carboxylic acids is 1. The SMILES string of the molecule is Cc1cc(NC(=O)NCCn2ccnn2)ccc1C(=O)O. The molecule has 110 valence electrons. The third-order valence-corrected chi connectivity index (χ3v) is 2.81. The predicted molar refractivity (Wildman–Crippen MR) is 75.2 cm³/mol. The lowest BCUT2D eigenvalue weighted by Gasteiger charge is -2.09. The van der Waals surface area contributed by atoms with Gasteiger partial charge < -0.3 is 15.7 Å². The molecule has 1 heterocycles. The number of benzene rings is 1. The van der Waals surface area contributed by atoms with E-state index in [0.29, 0.717) is 24.3 Å². The Morgan fingerprint density at radius 1 is 1.38 bits per heavy atom. The van der Waals surface area contributed by atoms with Crippen LogP contribution in [0.4, 0.5) is 10.5 Å². The minimum Gasteiger partial charge on any atom is -0.478 e. The number of hydrogen-bond acceptors (Lipinski definition) is 4. The van der Waals surface area contributed by atoms with Gasteiger partial charge in [0, 0.05) is 18.4 Å². The monoisotopic (exact) mass is 289 g/mol. The first-order chi connectivity index (χ1) is 10.1. The lowest BCUT2D eigenvalue weighted by atomic mass is 10.1. The molecule has 0 spiro atoms. The summed E-state index contributed by atoms with van der Waals surface area (Å²) in [6.45, 7) is 2.60. The van der Waals surface area contributed by atoms with Crippen LogP contribution < -0.4 is 10.6 Å². The average molecular weight is 289 g/mol. The molecule has 0 aliphatic heterocycles. The topological polar surface area (TPSA) is 109 Å². The van der Waals surface area contributed by atoms with Crippen molar-refractivity contribution in [3.63, 3.8) is 0 Å². The molecule has 0 bridgehead atoms. The summed E-state index contributed by atoms with van der Waals surface area (Å²) in [5.74, 6) is -0.990. The van der Waals surface area contributed by atoms with Gasteiger partial charge in [0.05, 0.1) is 18.3 Å². The summed E-state index contributed by atoms with van der Waals surface area (Å²) in [7, 11) is 0. The highest BCUT2D eigenvalue weighted by Crippen LogP contribution is 2.15. The van der Waals surface area contributed by atoms with E-state index >= 15 is 0 Å². The van der Waals surface area contributed by atoms with Gasteiger partial charge in [-0.05, 0) is 30.7 Å². The van der Waals surface area contributed by atoms with E-state index in [-0.39, 0.29) is 11.6 Å². The number of aryl methyl sites for hydroxylation is 1. The maximum atomic E-state index is 11.7. The summed E-state index contributed by atoms with van der Waals surface area (Å²) in [6, 6.07) is 4.26. The zero-order valence-corrected chi connectivity index (χ0v) is 11.4. The van der Waals surface area contributed by atoms with Crippen LogP contribution in [-0.2, 0) is 6.54 Å². The molecular weight excluding hydrogens is 274 g/mol. The van der Waals surface area contributed by atoms with E-state index in [1.807, 2.05) is 0 Å². The maximum absolute atomic E-state index is 11.7. The molecule has 0 fully saturated rings. The van der Waals surface area contributed by atoms with Crippen LogP contribution in [0.2, 0.25) is 0 Å². The molecule has 2 amide bonds. The summed E-state index contributed by atoms with van der Waals surface area (Å²) in [4.78, 5) is 22.6. The van der Waals surface area contributed by atoms with Crippen molar-refractivity contribution < 1.29 is 14.7 Å². The fourth-order valence-electron chi connectivity index (χ4n) is 1.79. The van der Waals surface area contributed by atoms with Crippen molar-refractivity contribution in [2.75, 3.05) is 11.9 Å². The Kier molecular flexibility index (Phi) is 4.50. The van der Waals surface area contributed by atoms with Gasteiger partial charge >= 0.3 is 12.0 Å². The first kappa shape index (κ1) is 14.5. The fourth-order valence-corrected chi connectivity index (χ4v) is 1.79. The lowest BCUT2D eigenvalue weighted by Crippen LogP contribution is -2.31. The zero-order valence-electron chi connectivity index (χ0n) is 11.4. The van der Waals surface area contributed by atoms with Gasteiger partial charge in [-0.1, -0.05) is 5.21 Å². The number of amides is 2. The Balaban J connectivity index is 1.85. The smallest absolute Gasteiger partial charge is 0.335 e. The minimum absolute atomic E-state index is 0.215. The molecule has 8 heteroatoms. The van der Waals surface area contributed by atoms with E-state index in [9.17, 15) is 9.59 Å². The fraction of sp³-hybridized carbons (Fsp3) is 0.231. The van der Waals surface area contributed by atoms with Crippen molar-refractivity contribution in [1.29, 1.82) is 0 Å². The molecule has 2 aromatic rings. The molecule has 8 nitrogen and oxygen atoms in total. The van der Waals surface area contributed by atoms with Crippen LogP contribution in [0.3, 0.4) is 0 Å². The molecule has 0 aliphatic rings. The number of hydrogen-bond donors (Lipinski definition) is 3. The minimum atomic E-state index is -0.990. The molecule has 2 rings (SSSR count). The molecule has 0 saturated heterocycles. The van der Waals surface area contributed by atoms with E-state index in [4.69, 9.17) is 5.11 Å². The summed E-state index contributed by atoms with van der Waals surface area (Å²) in [5, 5.41) is 21.7. The van der Waals surface area contributed by atoms with Crippen molar-refractivity contribution in [1.82, 2.24) is 20.3 Å². The van der Waals surface area contributed by atoms with Gasteiger partial charge in [0.2, 0.25) is 0 Å². The molecule has 0 radical (unpaired) electrons. The van der Waals surface area contributed by atoms with Gasteiger partial charge in [-0.25, -0.2) is 9.59 Å². The first-order valence-electron chi connectivity index (χ1n) is 6.29. The number of nitrogens with one attached hydrogen (secondary N) is 2. The molecule has 1 aromatic heterocycles. The second-order valence-electron chi connectivity index (χ2n) is 4.38. The Labute approximate surface area is 120 Å². The van der Waals surface area contributed by atoms with E-state index < -0.39 is 5.97 Å². The number of aromatic carboxylic acids is 1. The zero-order chi connectivity index (χ0) is 15.2. The Hall–Kier alpha value is -2.90. The molecule has 0 atom stereocenters. The Bertz CT molecular complexity index is 639. The molecule has 0 aliphatic carbocycles. The third kappa shape index (κ3) is 4.03. The lowest BCUT2D eigenvalue weighted by molar-refractivity contribution is 0.0696. The normalized spacial score (nSPS) is 10.1. The number of nitrogens with zero attached hydrogens (tertiary/aromatic N) is 3. The second-order valence-corrected chi connectivity index (χ2v) is 4.38. The number of urea groups is 1. The van der Waals surface area contributed by atoms with E-state index in [0.717, 1.165) is 0 Å². The molecular formula is C13H15N5O3. The number of aromatic nitrogens is 3. The van der Waals surface area contributed by atoms with Gasteiger partial charge in [0.1, 0.15) is 0 Å². The molecule has 0 unspecified atom stereocenters. The van der Waals surface area contributed by atoms with Gasteiger partial charge in [0.25, 0.3) is 0 Å². The largest absolute Gasteiger partial charge is 0.478 e. The molecule has 3 N–H and O–H groups in total. The van der Waals surface area contributed by atoms with Crippen LogP contribution in [0.25, 0.3) is 0 Å². The van der Waals surface area contributed by atoms with Crippen LogP contribution in [0.5, 0.6) is 0 Å². The van der Waals surface area contributed by atoms with Crippen molar-refractivity contribution in [2.45, 2.75) is 13.5 Å². The highest BCUT2D eigenvalue weighted by molar-refractivity contribution is 5.92. The van der Waals surface area contributed by atoms with Gasteiger partial charge in [0.15, 0.2) is 0 Å². The van der Waals surface area contributed by atoms with Crippen LogP contribution in [0, 0.1) is 6.92 Å². The Morgan fingerprint density at radius 2 is 2.19 bits per heavy atom. The van der Waals surface area contributed by atoms with Crippen molar-refractivity contribution in [2.24, 2.45) is 0 Å². The summed E-state index contributed by atoms with van der Waals surface area (Å²) < 4.78 is 1.60. The van der Waals surface area contributed by atoms with Gasteiger partial charge in [-0.15, -0.1) is 5.10 Å². The second kappa shape index (κ2) is 6.51. The predicted octanol–water partition coefficient (Wildman–Crippen LogP) is 1.11. The molecule has 21 heavy (non-hydrogen) atoms. The highest BCUT2D eigenvalue weighted by atomic mass is 16.4. The third-order valence-electron chi connectivity index (χ3n) is 2.81. The van der Waals surface area contributed by atoms with E-state index in [2.05, 4.69) is 20.9 Å². The van der Waals surface area contributed by atoms with Gasteiger partial charge in [-0.3, -0.25) is 4.68 Å². The van der Waals surface area contributed by atoms with E-state index in [1.165, 1.54) is 6.07 Å². The van der Waals surface area contributed by atoms with Crippen LogP contribution in [0.15, 0.2) is 30.6 Å². The Morgan fingerprint density at radius 3 is 2.81 bits per heavy atom. The van der Waals surface area contributed by atoms with Crippen LogP contribution in [0.1, 0.15) is 15.9 Å². The average Bonchev–Trinajstić information content (AvgIpc) is 2.91. The summed E-state index contributed by atoms with van der Waals surface area (Å²) in [5.41, 5.74) is 1.34. The van der Waals surface area contributed by atoms with Crippen LogP contribution in [-0.4, -0.2) is 38.6 Å². The summed E-state index contributed by atoms with van der Waals surface area (Å²) >= 11 is 0. The van der Waals surface area contributed by atoms with Crippen LogP contribution >= 0.6 is 0 Å². The molecule has 0 saturated carbocycles. The van der Waals surface area contributed by atoms with Gasteiger partial charge in [-0.2, -0.15) is 0 Å². The summed E-state index contributed by atoms with van der Waals surface area (Å²) in [6.07, 6.45) is 3.26. The van der Waals surface area contributed by atoms with Crippen molar-refractivity contribution in [3.05, 3.63) is 41.7 Å². The number of carbonyl (C=O) groups is 2. The standard InChI is InChI=1S/C13H15N5O3/c1-9-8-10(2-3-11(9)12(19)20)16-13(21)14-4-6-18-7-5-15-17-18/h2-3,5,7-8H,4,6H2,1H3,(H,19,20)(H2,14,16,21). The number of anilines is 1. The molecule has 1 aromatic carbocycles. The van der Waals surface area contributed by atoms with E-state index in [1.54, 1.807) is 36.1 Å². The highest BCUT2D eigenvalue weighted by Gasteiger charge is 2.08. The maximum Gasteiger partial charge on any atom is 0.335 e. The number of carbonyl (C=O) groups excluding carboxylic acids is 1. The number of rotatable bonds is 5. The van der Waals surface area contributed by atoms with Crippen molar-refractivity contribution in [3.8, 4) is 0 Å².